The van der Waals surface area contributed by atoms with E-state index in [1.165, 1.54) is 0 Å². The summed E-state index contributed by atoms with van der Waals surface area (Å²) in [5.74, 6) is 0.673. The smallest absolute Gasteiger partial charge is 0.412 e. The third-order valence-corrected chi connectivity index (χ3v) is 4.63. The summed E-state index contributed by atoms with van der Waals surface area (Å²) in [7, 11) is 2.11. The largest absolute Gasteiger partial charge is 0.444 e. The maximum atomic E-state index is 12.5. The molecule has 0 unspecified atom stereocenters. The molecule has 2 amide bonds. The van der Waals surface area contributed by atoms with E-state index < -0.39 is 11.7 Å². The third kappa shape index (κ3) is 6.18. The fourth-order valence-electron chi connectivity index (χ4n) is 3.01. The van der Waals surface area contributed by atoms with Gasteiger partial charge in [0.15, 0.2) is 0 Å². The minimum atomic E-state index is -0.572. The fourth-order valence-corrected chi connectivity index (χ4v) is 3.01. The number of amides is 2. The molecule has 160 valence electrons. The quantitative estimate of drug-likeness (QED) is 0.802. The summed E-state index contributed by atoms with van der Waals surface area (Å²) < 4.78 is 5.21. The summed E-state index contributed by atoms with van der Waals surface area (Å²) in [4.78, 5) is 33.3. The van der Waals surface area contributed by atoms with E-state index >= 15 is 0 Å². The molecule has 8 heteroatoms. The van der Waals surface area contributed by atoms with Gasteiger partial charge in [-0.1, -0.05) is 0 Å². The van der Waals surface area contributed by atoms with Gasteiger partial charge in [0.1, 0.15) is 11.4 Å². The summed E-state index contributed by atoms with van der Waals surface area (Å²) in [6, 6.07) is 10.4. The lowest BCUT2D eigenvalue weighted by Gasteiger charge is -2.33. The first kappa shape index (κ1) is 21.6. The van der Waals surface area contributed by atoms with E-state index in [1.54, 1.807) is 51.2 Å². The van der Waals surface area contributed by atoms with Gasteiger partial charge in [0, 0.05) is 37.4 Å². The molecule has 0 aliphatic carbocycles. The zero-order valence-electron chi connectivity index (χ0n) is 17.9. The second kappa shape index (κ2) is 9.13. The number of nitrogens with zero attached hydrogens (tertiary/aromatic N) is 3. The number of anilines is 3. The number of carbonyl (C=O) groups excluding carboxylic acids is 2. The number of hydrogen-bond donors (Lipinski definition) is 2. The van der Waals surface area contributed by atoms with Crippen LogP contribution in [0.3, 0.4) is 0 Å². The molecule has 2 heterocycles. The molecule has 0 atom stereocenters. The zero-order valence-corrected chi connectivity index (χ0v) is 17.9. The van der Waals surface area contributed by atoms with Crippen molar-refractivity contribution in [2.24, 2.45) is 0 Å². The van der Waals surface area contributed by atoms with E-state index in [4.69, 9.17) is 4.74 Å². The minimum Gasteiger partial charge on any atom is -0.444 e. The molecule has 8 nitrogen and oxygen atoms in total. The molecular formula is C22H29N5O3. The van der Waals surface area contributed by atoms with E-state index in [9.17, 15) is 9.59 Å². The topological polar surface area (TPSA) is 86.8 Å². The number of ether oxygens (including phenoxy) is 1. The molecule has 1 aliphatic heterocycles. The van der Waals surface area contributed by atoms with Crippen molar-refractivity contribution in [1.82, 2.24) is 9.88 Å². The monoisotopic (exact) mass is 411 g/mol. The molecule has 0 bridgehead atoms. The molecule has 30 heavy (non-hydrogen) atoms. The molecule has 1 aliphatic rings. The predicted octanol–water partition coefficient (Wildman–Crippen LogP) is 3.43. The Morgan fingerprint density at radius 2 is 1.57 bits per heavy atom. The van der Waals surface area contributed by atoms with Crippen molar-refractivity contribution in [3.63, 3.8) is 0 Å². The number of piperazine rings is 1. The van der Waals surface area contributed by atoms with Crippen molar-refractivity contribution >= 4 is 29.2 Å². The zero-order chi connectivity index (χ0) is 21.7. The second-order valence-electron chi connectivity index (χ2n) is 8.35. The van der Waals surface area contributed by atoms with Gasteiger partial charge in [0.2, 0.25) is 0 Å². The summed E-state index contributed by atoms with van der Waals surface area (Å²) in [6.45, 7) is 9.31. The number of benzene rings is 1. The highest BCUT2D eigenvalue weighted by Gasteiger charge is 2.17. The number of likely N-dealkylation sites (N-methyl/N-ethyl adjacent to an activating group) is 1. The molecule has 1 saturated heterocycles. The van der Waals surface area contributed by atoms with Crippen LogP contribution in [-0.4, -0.2) is 60.7 Å². The van der Waals surface area contributed by atoms with Crippen molar-refractivity contribution in [3.8, 4) is 0 Å². The van der Waals surface area contributed by atoms with Gasteiger partial charge in [-0.3, -0.25) is 10.1 Å². The van der Waals surface area contributed by atoms with Gasteiger partial charge in [-0.05, 0) is 64.2 Å². The van der Waals surface area contributed by atoms with Crippen LogP contribution < -0.4 is 15.5 Å². The normalized spacial score (nSPS) is 14.9. The highest BCUT2D eigenvalue weighted by atomic mass is 16.6. The summed E-state index contributed by atoms with van der Waals surface area (Å²) >= 11 is 0. The van der Waals surface area contributed by atoms with Gasteiger partial charge in [-0.2, -0.15) is 0 Å². The lowest BCUT2D eigenvalue weighted by Crippen LogP contribution is -2.44. The number of rotatable bonds is 4. The number of nitrogens with one attached hydrogen (secondary N) is 2. The standard InChI is InChI=1S/C22H29N5O3/c1-22(2,3)30-21(29)25-17-7-5-16(6-8-17)20(28)24-18-9-10-19(23-15-18)27-13-11-26(4)12-14-27/h5-10,15H,11-14H2,1-4H3,(H,24,28)(H,25,29). The number of pyridine rings is 1. The van der Waals surface area contributed by atoms with Gasteiger partial charge in [0.05, 0.1) is 11.9 Å². The Bertz CT molecular complexity index is 867. The molecule has 3 rings (SSSR count). The molecule has 0 radical (unpaired) electrons. The minimum absolute atomic E-state index is 0.243. The van der Waals surface area contributed by atoms with E-state index in [0.717, 1.165) is 32.0 Å². The maximum Gasteiger partial charge on any atom is 0.412 e. The molecule has 1 aromatic heterocycles. The Balaban J connectivity index is 1.55. The van der Waals surface area contributed by atoms with Crippen LogP contribution in [0.4, 0.5) is 22.0 Å². The Hall–Kier alpha value is -3.13. The number of carbonyl (C=O) groups is 2. The van der Waals surface area contributed by atoms with Crippen molar-refractivity contribution in [2.75, 3.05) is 48.8 Å². The first-order chi connectivity index (χ1) is 14.2. The SMILES string of the molecule is CN1CCN(c2ccc(NC(=O)c3ccc(NC(=O)OC(C)(C)C)cc3)cn2)CC1. The van der Waals surface area contributed by atoms with Gasteiger partial charge < -0.3 is 19.9 Å². The van der Waals surface area contributed by atoms with Crippen LogP contribution in [-0.2, 0) is 4.74 Å². The molecule has 1 aromatic carbocycles. The molecule has 0 saturated carbocycles. The van der Waals surface area contributed by atoms with Crippen LogP contribution in [0, 0.1) is 0 Å². The lowest BCUT2D eigenvalue weighted by atomic mass is 10.2. The predicted molar refractivity (Wildman–Crippen MR) is 118 cm³/mol. The molecule has 2 aromatic rings. The second-order valence-corrected chi connectivity index (χ2v) is 8.35. The molecular weight excluding hydrogens is 382 g/mol. The lowest BCUT2D eigenvalue weighted by molar-refractivity contribution is 0.0636. The van der Waals surface area contributed by atoms with E-state index in [-0.39, 0.29) is 5.91 Å². The highest BCUT2D eigenvalue weighted by molar-refractivity contribution is 6.04. The van der Waals surface area contributed by atoms with Gasteiger partial charge in [-0.15, -0.1) is 0 Å². The van der Waals surface area contributed by atoms with Crippen LogP contribution in [0.15, 0.2) is 42.6 Å². The molecule has 1 fully saturated rings. The summed E-state index contributed by atoms with van der Waals surface area (Å²) in [5.41, 5.74) is 1.10. The van der Waals surface area contributed by atoms with Crippen molar-refractivity contribution in [3.05, 3.63) is 48.2 Å². The maximum absolute atomic E-state index is 12.5. The molecule has 0 spiro atoms. The Morgan fingerprint density at radius 1 is 0.933 bits per heavy atom. The highest BCUT2D eigenvalue weighted by Crippen LogP contribution is 2.17. The van der Waals surface area contributed by atoms with Crippen molar-refractivity contribution in [2.45, 2.75) is 26.4 Å². The van der Waals surface area contributed by atoms with Crippen LogP contribution in [0.5, 0.6) is 0 Å². The summed E-state index contributed by atoms with van der Waals surface area (Å²) in [5, 5.41) is 5.49. The van der Waals surface area contributed by atoms with E-state index in [0.29, 0.717) is 16.9 Å². The van der Waals surface area contributed by atoms with Crippen LogP contribution in [0.2, 0.25) is 0 Å². The summed E-state index contributed by atoms with van der Waals surface area (Å²) in [6.07, 6.45) is 1.13. The third-order valence-electron chi connectivity index (χ3n) is 4.63. The molecule has 2 N–H and O–H groups in total. The Morgan fingerprint density at radius 3 is 2.13 bits per heavy atom. The van der Waals surface area contributed by atoms with E-state index in [1.807, 2.05) is 12.1 Å². The van der Waals surface area contributed by atoms with E-state index in [2.05, 4.69) is 32.5 Å². The van der Waals surface area contributed by atoms with Crippen LogP contribution in [0.25, 0.3) is 0 Å². The average molecular weight is 412 g/mol. The fraction of sp³-hybridized carbons (Fsp3) is 0.409. The Labute approximate surface area is 177 Å². The Kier molecular flexibility index (Phi) is 6.56. The number of aromatic nitrogens is 1. The average Bonchev–Trinajstić information content (AvgIpc) is 2.68. The first-order valence-electron chi connectivity index (χ1n) is 10.0. The number of hydrogen-bond acceptors (Lipinski definition) is 6. The van der Waals surface area contributed by atoms with Gasteiger partial charge in [-0.25, -0.2) is 9.78 Å². The first-order valence-corrected chi connectivity index (χ1v) is 10.0. The van der Waals surface area contributed by atoms with Crippen LogP contribution in [0.1, 0.15) is 31.1 Å². The van der Waals surface area contributed by atoms with Gasteiger partial charge >= 0.3 is 6.09 Å². The van der Waals surface area contributed by atoms with Gasteiger partial charge in [0.25, 0.3) is 5.91 Å². The van der Waals surface area contributed by atoms with Crippen molar-refractivity contribution in [1.29, 1.82) is 0 Å². The van der Waals surface area contributed by atoms with Crippen molar-refractivity contribution < 1.29 is 14.3 Å². The van der Waals surface area contributed by atoms with Crippen LogP contribution >= 0.6 is 0 Å².